The second-order valence-electron chi connectivity index (χ2n) is 15.1. The number of hydrogen-bond donors (Lipinski definition) is 0. The molecule has 10 aromatic rings. The standard InChI is InChI=1S/C56H42N2/c1-39-21-29-45(30-22-39)57(43-13-5-3-6-14-43)47-33-25-41(26-34-47)53-37-55-52-20-12-10-18-50(52)54(38-56(55)51-19-11-9-17-49(51)53)42-27-35-48(36-28-42)58(44-15-7-4-8-16-44)46-31-23-40(2)24-32-46/h3-38H,1-2H3. The fourth-order valence-corrected chi connectivity index (χ4v) is 8.45. The van der Waals surface area contributed by atoms with Crippen molar-refractivity contribution < 1.29 is 0 Å². The molecule has 0 amide bonds. The number of nitrogens with zero attached hydrogens (tertiary/aromatic N) is 2. The topological polar surface area (TPSA) is 6.48 Å². The number of para-hydroxylation sites is 2. The van der Waals surface area contributed by atoms with Crippen LogP contribution in [-0.2, 0) is 0 Å². The van der Waals surface area contributed by atoms with E-state index in [4.69, 9.17) is 0 Å². The highest BCUT2D eigenvalue weighted by molar-refractivity contribution is 6.23. The summed E-state index contributed by atoms with van der Waals surface area (Å²) in [6.45, 7) is 4.27. The Labute approximate surface area is 340 Å². The van der Waals surface area contributed by atoms with Gasteiger partial charge in [0, 0.05) is 34.1 Å². The first kappa shape index (κ1) is 35.0. The summed E-state index contributed by atoms with van der Waals surface area (Å²) in [6.07, 6.45) is 0. The fourth-order valence-electron chi connectivity index (χ4n) is 8.45. The first-order valence-electron chi connectivity index (χ1n) is 20.0. The molecule has 0 unspecified atom stereocenters. The van der Waals surface area contributed by atoms with Crippen molar-refractivity contribution in [3.05, 3.63) is 230 Å². The molecule has 276 valence electrons. The van der Waals surface area contributed by atoms with Crippen molar-refractivity contribution in [3.8, 4) is 22.3 Å². The fraction of sp³-hybridized carbons (Fsp3) is 0.0357. The van der Waals surface area contributed by atoms with Crippen molar-refractivity contribution in [2.45, 2.75) is 13.8 Å². The van der Waals surface area contributed by atoms with E-state index in [1.54, 1.807) is 0 Å². The zero-order chi connectivity index (χ0) is 39.0. The molecule has 0 atom stereocenters. The lowest BCUT2D eigenvalue weighted by Crippen LogP contribution is -2.09. The van der Waals surface area contributed by atoms with Gasteiger partial charge in [-0.25, -0.2) is 0 Å². The van der Waals surface area contributed by atoms with Crippen molar-refractivity contribution in [3.63, 3.8) is 0 Å². The Kier molecular flexibility index (Phi) is 9.01. The molecular formula is C56H42N2. The zero-order valence-corrected chi connectivity index (χ0v) is 32.7. The van der Waals surface area contributed by atoms with Crippen LogP contribution in [-0.4, -0.2) is 0 Å². The lowest BCUT2D eigenvalue weighted by atomic mass is 9.87. The van der Waals surface area contributed by atoms with Gasteiger partial charge in [-0.2, -0.15) is 0 Å². The molecule has 0 N–H and O–H groups in total. The van der Waals surface area contributed by atoms with E-state index in [0.29, 0.717) is 0 Å². The molecule has 0 radical (unpaired) electrons. The van der Waals surface area contributed by atoms with E-state index >= 15 is 0 Å². The van der Waals surface area contributed by atoms with Gasteiger partial charge in [0.05, 0.1) is 0 Å². The van der Waals surface area contributed by atoms with Gasteiger partial charge < -0.3 is 9.80 Å². The maximum Gasteiger partial charge on any atom is 0.0462 e. The molecule has 0 fully saturated rings. The maximum atomic E-state index is 2.41. The van der Waals surface area contributed by atoms with Crippen LogP contribution in [0.2, 0.25) is 0 Å². The van der Waals surface area contributed by atoms with Crippen LogP contribution in [0, 0.1) is 13.8 Å². The zero-order valence-electron chi connectivity index (χ0n) is 32.7. The Morgan fingerprint density at radius 2 is 0.517 bits per heavy atom. The minimum absolute atomic E-state index is 1.12. The third kappa shape index (κ3) is 6.45. The second-order valence-corrected chi connectivity index (χ2v) is 15.1. The predicted octanol–water partition coefficient (Wildman–Crippen LogP) is 16.0. The highest BCUT2D eigenvalue weighted by Crippen LogP contribution is 2.44. The Morgan fingerprint density at radius 3 is 0.862 bits per heavy atom. The van der Waals surface area contributed by atoms with E-state index in [2.05, 4.69) is 242 Å². The van der Waals surface area contributed by atoms with Crippen molar-refractivity contribution in [2.24, 2.45) is 0 Å². The molecule has 0 aliphatic rings. The Bertz CT molecular complexity index is 2810. The van der Waals surface area contributed by atoms with E-state index < -0.39 is 0 Å². The number of anilines is 6. The summed E-state index contributed by atoms with van der Waals surface area (Å²) in [6, 6.07) is 79.5. The van der Waals surface area contributed by atoms with Crippen LogP contribution in [0.3, 0.4) is 0 Å². The van der Waals surface area contributed by atoms with Crippen LogP contribution in [0.1, 0.15) is 11.1 Å². The van der Waals surface area contributed by atoms with E-state index in [1.165, 1.54) is 65.7 Å². The summed E-state index contributed by atoms with van der Waals surface area (Å²) in [7, 11) is 0. The molecule has 0 spiro atoms. The van der Waals surface area contributed by atoms with Gasteiger partial charge in [-0.05, 0) is 153 Å². The lowest BCUT2D eigenvalue weighted by Gasteiger charge is -2.26. The van der Waals surface area contributed by atoms with Gasteiger partial charge in [0.1, 0.15) is 0 Å². The average molecular weight is 743 g/mol. The van der Waals surface area contributed by atoms with E-state index in [1.807, 2.05) is 0 Å². The minimum Gasteiger partial charge on any atom is -0.311 e. The smallest absolute Gasteiger partial charge is 0.0462 e. The molecule has 10 rings (SSSR count). The molecule has 0 aliphatic carbocycles. The van der Waals surface area contributed by atoms with Crippen molar-refractivity contribution in [1.29, 1.82) is 0 Å². The Morgan fingerprint density at radius 1 is 0.241 bits per heavy atom. The third-order valence-corrected chi connectivity index (χ3v) is 11.4. The average Bonchev–Trinajstić information content (AvgIpc) is 3.28. The van der Waals surface area contributed by atoms with Crippen molar-refractivity contribution >= 4 is 66.4 Å². The molecule has 0 bridgehead atoms. The summed E-state index contributed by atoms with van der Waals surface area (Å²) in [5.74, 6) is 0. The van der Waals surface area contributed by atoms with Gasteiger partial charge >= 0.3 is 0 Å². The molecular weight excluding hydrogens is 701 g/mol. The summed E-state index contributed by atoms with van der Waals surface area (Å²) in [5, 5.41) is 7.51. The quantitative estimate of drug-likeness (QED) is 0.143. The molecule has 0 saturated carbocycles. The molecule has 2 heteroatoms. The summed E-state index contributed by atoms with van der Waals surface area (Å²) in [4.78, 5) is 4.65. The molecule has 0 saturated heterocycles. The molecule has 0 aromatic heterocycles. The van der Waals surface area contributed by atoms with Gasteiger partial charge in [0.25, 0.3) is 0 Å². The SMILES string of the molecule is Cc1ccc(N(c2ccccc2)c2ccc(-c3cc4c5ccccc5c(-c5ccc(N(c6ccccc6)c6ccc(C)cc6)cc5)cc4c4ccccc34)cc2)cc1. The van der Waals surface area contributed by atoms with Gasteiger partial charge in [-0.1, -0.05) is 145 Å². The van der Waals surface area contributed by atoms with E-state index in [0.717, 1.165) is 34.1 Å². The number of aryl methyl sites for hydroxylation is 2. The number of hydrogen-bond acceptors (Lipinski definition) is 2. The van der Waals surface area contributed by atoms with Gasteiger partial charge in [0.15, 0.2) is 0 Å². The molecule has 2 nitrogen and oxygen atoms in total. The predicted molar refractivity (Wildman–Crippen MR) is 249 cm³/mol. The van der Waals surface area contributed by atoms with Gasteiger partial charge in [-0.15, -0.1) is 0 Å². The van der Waals surface area contributed by atoms with E-state index in [-0.39, 0.29) is 0 Å². The normalized spacial score (nSPS) is 11.3. The molecule has 0 aliphatic heterocycles. The number of benzene rings is 10. The maximum absolute atomic E-state index is 2.41. The van der Waals surface area contributed by atoms with Gasteiger partial charge in [-0.3, -0.25) is 0 Å². The molecule has 10 aromatic carbocycles. The van der Waals surface area contributed by atoms with Crippen LogP contribution in [0.15, 0.2) is 218 Å². The van der Waals surface area contributed by atoms with E-state index in [9.17, 15) is 0 Å². The highest BCUT2D eigenvalue weighted by atomic mass is 15.1. The Hall–Kier alpha value is -7.42. The minimum atomic E-state index is 1.12. The van der Waals surface area contributed by atoms with Crippen molar-refractivity contribution in [1.82, 2.24) is 0 Å². The van der Waals surface area contributed by atoms with Crippen LogP contribution in [0.25, 0.3) is 54.6 Å². The summed E-state index contributed by atoms with van der Waals surface area (Å²) in [5.41, 5.74) is 14.1. The van der Waals surface area contributed by atoms with Crippen molar-refractivity contribution in [2.75, 3.05) is 9.80 Å². The summed E-state index contributed by atoms with van der Waals surface area (Å²) < 4.78 is 0. The first-order valence-corrected chi connectivity index (χ1v) is 20.0. The number of fused-ring (bicyclic) bond motifs is 5. The lowest BCUT2D eigenvalue weighted by molar-refractivity contribution is 1.28. The third-order valence-electron chi connectivity index (χ3n) is 11.4. The van der Waals surface area contributed by atoms with Crippen LogP contribution < -0.4 is 9.80 Å². The van der Waals surface area contributed by atoms with Crippen LogP contribution >= 0.6 is 0 Å². The molecule has 0 heterocycles. The van der Waals surface area contributed by atoms with Crippen LogP contribution in [0.5, 0.6) is 0 Å². The Balaban J connectivity index is 1.08. The highest BCUT2D eigenvalue weighted by Gasteiger charge is 2.18. The van der Waals surface area contributed by atoms with Gasteiger partial charge in [0.2, 0.25) is 0 Å². The second kappa shape index (κ2) is 14.9. The largest absolute Gasteiger partial charge is 0.311 e. The van der Waals surface area contributed by atoms with Crippen LogP contribution in [0.4, 0.5) is 34.1 Å². The first-order chi connectivity index (χ1) is 28.6. The number of rotatable bonds is 8. The monoisotopic (exact) mass is 742 g/mol. The summed E-state index contributed by atoms with van der Waals surface area (Å²) >= 11 is 0. The molecule has 58 heavy (non-hydrogen) atoms.